The number of rotatable bonds is 4. The summed E-state index contributed by atoms with van der Waals surface area (Å²) in [6.45, 7) is 7.33. The summed E-state index contributed by atoms with van der Waals surface area (Å²) in [6.07, 6.45) is 5.38. The Kier molecular flexibility index (Phi) is 4.74. The third-order valence-corrected chi connectivity index (χ3v) is 5.33. The van der Waals surface area contributed by atoms with E-state index in [1.807, 2.05) is 0 Å². The first kappa shape index (κ1) is 14.1. The Morgan fingerprint density at radius 3 is 2.55 bits per heavy atom. The third kappa shape index (κ3) is 3.24. The highest BCUT2D eigenvalue weighted by Gasteiger charge is 2.34. The molecule has 2 fully saturated rings. The van der Waals surface area contributed by atoms with Gasteiger partial charge < -0.3 is 10.2 Å². The van der Waals surface area contributed by atoms with E-state index in [1.54, 1.807) is 0 Å². The van der Waals surface area contributed by atoms with Crippen molar-refractivity contribution in [3.8, 4) is 0 Å². The van der Waals surface area contributed by atoms with Gasteiger partial charge in [-0.05, 0) is 69.3 Å². The maximum Gasteiger partial charge on any atom is 0.0128 e. The van der Waals surface area contributed by atoms with Crippen molar-refractivity contribution in [2.24, 2.45) is 11.8 Å². The normalized spacial score (nSPS) is 28.9. The number of nitrogens with one attached hydrogen (secondary N) is 1. The molecule has 1 N–H and O–H groups in total. The first-order chi connectivity index (χ1) is 9.86. The van der Waals surface area contributed by atoms with Crippen LogP contribution in [0.1, 0.15) is 31.7 Å². The molecule has 0 radical (unpaired) electrons. The van der Waals surface area contributed by atoms with Crippen LogP contribution < -0.4 is 5.32 Å². The lowest BCUT2D eigenvalue weighted by atomic mass is 9.80. The lowest BCUT2D eigenvalue weighted by molar-refractivity contribution is 0.155. The third-order valence-electron chi connectivity index (χ3n) is 5.33. The van der Waals surface area contributed by atoms with E-state index in [1.165, 1.54) is 57.4 Å². The molecule has 1 aromatic carbocycles. The summed E-state index contributed by atoms with van der Waals surface area (Å²) in [5.41, 5.74) is 1.51. The number of hydrogen-bond acceptors (Lipinski definition) is 2. The Labute approximate surface area is 123 Å². The van der Waals surface area contributed by atoms with Crippen LogP contribution in [-0.4, -0.2) is 37.1 Å². The topological polar surface area (TPSA) is 15.3 Å². The van der Waals surface area contributed by atoms with E-state index in [9.17, 15) is 0 Å². The number of nitrogens with zero attached hydrogens (tertiary/aromatic N) is 1. The average Bonchev–Trinajstić information content (AvgIpc) is 2.96. The van der Waals surface area contributed by atoms with Gasteiger partial charge in [-0.15, -0.1) is 0 Å². The lowest BCUT2D eigenvalue weighted by Crippen LogP contribution is -2.43. The van der Waals surface area contributed by atoms with Crippen LogP contribution in [0.15, 0.2) is 30.3 Å². The number of likely N-dealkylation sites (tertiary alicyclic amines) is 1. The zero-order valence-electron chi connectivity index (χ0n) is 12.7. The molecule has 20 heavy (non-hydrogen) atoms. The second kappa shape index (κ2) is 6.73. The minimum atomic E-state index is 0.759. The van der Waals surface area contributed by atoms with Crippen molar-refractivity contribution in [3.63, 3.8) is 0 Å². The molecule has 0 aromatic heterocycles. The van der Waals surface area contributed by atoms with Crippen molar-refractivity contribution in [3.05, 3.63) is 35.9 Å². The summed E-state index contributed by atoms with van der Waals surface area (Å²) in [6, 6.07) is 11.8. The van der Waals surface area contributed by atoms with E-state index >= 15 is 0 Å². The van der Waals surface area contributed by atoms with E-state index in [0.717, 1.165) is 17.9 Å². The minimum absolute atomic E-state index is 0.759. The van der Waals surface area contributed by atoms with Gasteiger partial charge in [0.2, 0.25) is 0 Å². The number of piperidine rings is 1. The molecule has 110 valence electrons. The molecule has 0 spiro atoms. The zero-order valence-corrected chi connectivity index (χ0v) is 12.7. The highest BCUT2D eigenvalue weighted by molar-refractivity contribution is 5.16. The van der Waals surface area contributed by atoms with E-state index in [-0.39, 0.29) is 0 Å². The smallest absolute Gasteiger partial charge is 0.0128 e. The molecule has 3 rings (SSSR count). The molecule has 0 amide bonds. The fourth-order valence-electron chi connectivity index (χ4n) is 4.11. The highest BCUT2D eigenvalue weighted by atomic mass is 15.1. The van der Waals surface area contributed by atoms with Crippen LogP contribution in [0.3, 0.4) is 0 Å². The van der Waals surface area contributed by atoms with Gasteiger partial charge in [-0.25, -0.2) is 0 Å². The standard InChI is InChI=1S/C18H28N2/c1-2-20-12-9-16(10-13-20)18-17(8-11-19-18)14-15-6-4-3-5-7-15/h3-7,16-19H,2,8-14H2,1H3. The fourth-order valence-corrected chi connectivity index (χ4v) is 4.11. The SMILES string of the molecule is CCN1CCC(C2NCCC2Cc2ccccc2)CC1. The molecule has 2 heteroatoms. The van der Waals surface area contributed by atoms with Gasteiger partial charge in [0.25, 0.3) is 0 Å². The Balaban J connectivity index is 1.58. The summed E-state index contributed by atoms with van der Waals surface area (Å²) < 4.78 is 0. The number of benzene rings is 1. The predicted octanol–water partition coefficient (Wildman–Crippen LogP) is 2.94. The van der Waals surface area contributed by atoms with Gasteiger partial charge in [0, 0.05) is 6.04 Å². The first-order valence-corrected chi connectivity index (χ1v) is 8.36. The molecule has 2 aliphatic heterocycles. The van der Waals surface area contributed by atoms with Gasteiger partial charge in [0.15, 0.2) is 0 Å². The zero-order chi connectivity index (χ0) is 13.8. The minimum Gasteiger partial charge on any atom is -0.313 e. The molecule has 0 saturated carbocycles. The molecule has 2 atom stereocenters. The van der Waals surface area contributed by atoms with Crippen LogP contribution in [0.5, 0.6) is 0 Å². The van der Waals surface area contributed by atoms with E-state index in [0.29, 0.717) is 0 Å². The van der Waals surface area contributed by atoms with Gasteiger partial charge in [-0.3, -0.25) is 0 Å². The lowest BCUT2D eigenvalue weighted by Gasteiger charge is -2.36. The maximum absolute atomic E-state index is 3.81. The summed E-state index contributed by atoms with van der Waals surface area (Å²) in [4.78, 5) is 2.59. The Bertz CT molecular complexity index is 395. The van der Waals surface area contributed by atoms with Crippen LogP contribution in [0.4, 0.5) is 0 Å². The Morgan fingerprint density at radius 2 is 1.85 bits per heavy atom. The molecular formula is C18H28N2. The van der Waals surface area contributed by atoms with Crippen LogP contribution in [0.25, 0.3) is 0 Å². The summed E-state index contributed by atoms with van der Waals surface area (Å²) >= 11 is 0. The second-order valence-electron chi connectivity index (χ2n) is 6.49. The monoisotopic (exact) mass is 272 g/mol. The first-order valence-electron chi connectivity index (χ1n) is 8.36. The molecule has 2 heterocycles. The van der Waals surface area contributed by atoms with Gasteiger partial charge in [-0.1, -0.05) is 37.3 Å². The van der Waals surface area contributed by atoms with Crippen molar-refractivity contribution < 1.29 is 0 Å². The molecule has 0 bridgehead atoms. The quantitative estimate of drug-likeness (QED) is 0.906. The second-order valence-corrected chi connectivity index (χ2v) is 6.49. The van der Waals surface area contributed by atoms with Crippen molar-refractivity contribution in [2.45, 2.75) is 38.6 Å². The van der Waals surface area contributed by atoms with E-state index in [2.05, 4.69) is 47.5 Å². The Morgan fingerprint density at radius 1 is 1.10 bits per heavy atom. The van der Waals surface area contributed by atoms with Crippen molar-refractivity contribution in [2.75, 3.05) is 26.2 Å². The molecule has 2 unspecified atom stereocenters. The summed E-state index contributed by atoms with van der Waals surface area (Å²) in [7, 11) is 0. The average molecular weight is 272 g/mol. The molecule has 1 aromatic rings. The molecule has 2 saturated heterocycles. The Hall–Kier alpha value is -0.860. The molecule has 2 aliphatic rings. The van der Waals surface area contributed by atoms with Gasteiger partial charge in [0.05, 0.1) is 0 Å². The van der Waals surface area contributed by atoms with Gasteiger partial charge in [-0.2, -0.15) is 0 Å². The van der Waals surface area contributed by atoms with Crippen LogP contribution in [0, 0.1) is 11.8 Å². The number of hydrogen-bond donors (Lipinski definition) is 1. The van der Waals surface area contributed by atoms with Crippen molar-refractivity contribution >= 4 is 0 Å². The van der Waals surface area contributed by atoms with Gasteiger partial charge >= 0.3 is 0 Å². The molecular weight excluding hydrogens is 244 g/mol. The van der Waals surface area contributed by atoms with Crippen molar-refractivity contribution in [1.82, 2.24) is 10.2 Å². The van der Waals surface area contributed by atoms with Crippen LogP contribution >= 0.6 is 0 Å². The van der Waals surface area contributed by atoms with Crippen LogP contribution in [-0.2, 0) is 6.42 Å². The van der Waals surface area contributed by atoms with Crippen molar-refractivity contribution in [1.29, 1.82) is 0 Å². The van der Waals surface area contributed by atoms with Crippen LogP contribution in [0.2, 0.25) is 0 Å². The van der Waals surface area contributed by atoms with E-state index < -0.39 is 0 Å². The fraction of sp³-hybridized carbons (Fsp3) is 0.667. The molecule has 0 aliphatic carbocycles. The predicted molar refractivity (Wildman–Crippen MR) is 84.9 cm³/mol. The van der Waals surface area contributed by atoms with Gasteiger partial charge in [0.1, 0.15) is 0 Å². The summed E-state index contributed by atoms with van der Waals surface area (Å²) in [5.74, 6) is 1.74. The van der Waals surface area contributed by atoms with E-state index in [4.69, 9.17) is 0 Å². The summed E-state index contributed by atoms with van der Waals surface area (Å²) in [5, 5.41) is 3.81. The highest BCUT2D eigenvalue weighted by Crippen LogP contribution is 2.31. The molecule has 2 nitrogen and oxygen atoms in total. The largest absolute Gasteiger partial charge is 0.313 e. The maximum atomic E-state index is 3.81.